The lowest BCUT2D eigenvalue weighted by molar-refractivity contribution is 0.209. The predicted octanol–water partition coefficient (Wildman–Crippen LogP) is 5.41. The van der Waals surface area contributed by atoms with Crippen molar-refractivity contribution in [2.75, 3.05) is 6.61 Å². The number of fused-ring (bicyclic) bond motifs is 1. The Kier molecular flexibility index (Phi) is 5.44. The Morgan fingerprint density at radius 2 is 1.65 bits per heavy atom. The molecule has 156 valence electrons. The first-order valence-electron chi connectivity index (χ1n) is 10.8. The molecule has 1 N–H and O–H groups in total. The van der Waals surface area contributed by atoms with Gasteiger partial charge in [0, 0.05) is 12.4 Å². The van der Waals surface area contributed by atoms with Crippen molar-refractivity contribution in [1.29, 1.82) is 0 Å². The third kappa shape index (κ3) is 4.19. The molecule has 4 heteroatoms. The summed E-state index contributed by atoms with van der Waals surface area (Å²) in [6.07, 6.45) is 6.81. The molecular weight excluding hydrogens is 384 g/mol. The minimum atomic E-state index is 0.00922. The second-order valence-corrected chi connectivity index (χ2v) is 8.21. The van der Waals surface area contributed by atoms with Gasteiger partial charge in [0.05, 0.1) is 12.6 Å². The van der Waals surface area contributed by atoms with E-state index in [2.05, 4.69) is 58.1 Å². The zero-order valence-corrected chi connectivity index (χ0v) is 17.4. The van der Waals surface area contributed by atoms with Gasteiger partial charge in [-0.3, -0.25) is 4.57 Å². The maximum Gasteiger partial charge on any atom is 0.297 e. The largest absolute Gasteiger partial charge is 0.508 e. The lowest BCUT2D eigenvalue weighted by Crippen LogP contribution is -2.22. The summed E-state index contributed by atoms with van der Waals surface area (Å²) in [6, 6.07) is 27.3. The molecule has 0 spiro atoms. The average Bonchev–Trinajstić information content (AvgIpc) is 3.27. The van der Waals surface area contributed by atoms with Crippen molar-refractivity contribution in [3.8, 4) is 11.8 Å². The highest BCUT2D eigenvalue weighted by atomic mass is 16.5. The van der Waals surface area contributed by atoms with Crippen molar-refractivity contribution < 1.29 is 9.84 Å². The molecule has 31 heavy (non-hydrogen) atoms. The Balaban J connectivity index is 1.37. The topological polar surface area (TPSA) is 47.3 Å². The lowest BCUT2D eigenvalue weighted by Gasteiger charge is -2.26. The number of hydrogen-bond acceptors (Lipinski definition) is 3. The van der Waals surface area contributed by atoms with E-state index in [-0.39, 0.29) is 6.04 Å². The third-order valence-electron chi connectivity index (χ3n) is 6.11. The fourth-order valence-electron chi connectivity index (χ4n) is 4.54. The SMILES string of the molecule is Oc1ccc2c(c1)CCC(COc1nccn1C(c1ccccc1)c1ccccc1)C2. The van der Waals surface area contributed by atoms with E-state index in [4.69, 9.17) is 4.74 Å². The Labute approximate surface area is 182 Å². The van der Waals surface area contributed by atoms with Crippen LogP contribution in [0.4, 0.5) is 0 Å². The number of aryl methyl sites for hydroxylation is 1. The smallest absolute Gasteiger partial charge is 0.297 e. The van der Waals surface area contributed by atoms with Crippen LogP contribution >= 0.6 is 0 Å². The number of hydrogen-bond donors (Lipinski definition) is 1. The van der Waals surface area contributed by atoms with Gasteiger partial charge in [-0.1, -0.05) is 66.7 Å². The van der Waals surface area contributed by atoms with Gasteiger partial charge in [-0.15, -0.1) is 0 Å². The summed E-state index contributed by atoms with van der Waals surface area (Å²) in [4.78, 5) is 4.54. The van der Waals surface area contributed by atoms with Crippen molar-refractivity contribution in [3.63, 3.8) is 0 Å². The minimum absolute atomic E-state index is 0.00922. The van der Waals surface area contributed by atoms with Crippen LogP contribution in [0.2, 0.25) is 0 Å². The summed E-state index contributed by atoms with van der Waals surface area (Å²) in [5.74, 6) is 0.789. The van der Waals surface area contributed by atoms with Crippen LogP contribution in [0.25, 0.3) is 0 Å². The Morgan fingerprint density at radius 3 is 2.35 bits per heavy atom. The number of aromatic nitrogens is 2. The van der Waals surface area contributed by atoms with Gasteiger partial charge in [0.2, 0.25) is 0 Å². The van der Waals surface area contributed by atoms with E-state index in [1.54, 1.807) is 6.07 Å². The molecule has 5 rings (SSSR count). The number of aromatic hydroxyl groups is 1. The first kappa shape index (κ1) is 19.4. The van der Waals surface area contributed by atoms with Crippen LogP contribution in [0.15, 0.2) is 91.3 Å². The van der Waals surface area contributed by atoms with E-state index in [0.29, 0.717) is 24.3 Å². The van der Waals surface area contributed by atoms with E-state index in [1.807, 2.05) is 36.7 Å². The number of phenols is 1. The molecule has 1 aliphatic rings. The van der Waals surface area contributed by atoms with Crippen molar-refractivity contribution in [1.82, 2.24) is 9.55 Å². The van der Waals surface area contributed by atoms with Crippen LogP contribution in [-0.4, -0.2) is 21.3 Å². The van der Waals surface area contributed by atoms with Gasteiger partial charge in [-0.2, -0.15) is 0 Å². The molecule has 4 nitrogen and oxygen atoms in total. The molecule has 1 unspecified atom stereocenters. The van der Waals surface area contributed by atoms with Crippen LogP contribution in [0.1, 0.15) is 34.7 Å². The van der Waals surface area contributed by atoms with E-state index >= 15 is 0 Å². The van der Waals surface area contributed by atoms with E-state index in [9.17, 15) is 5.11 Å². The third-order valence-corrected chi connectivity index (χ3v) is 6.11. The van der Waals surface area contributed by atoms with Crippen LogP contribution in [0, 0.1) is 5.92 Å². The molecule has 0 bridgehead atoms. The van der Waals surface area contributed by atoms with Gasteiger partial charge in [0.1, 0.15) is 5.75 Å². The highest BCUT2D eigenvalue weighted by Crippen LogP contribution is 2.32. The van der Waals surface area contributed by atoms with Crippen LogP contribution < -0.4 is 4.74 Å². The quantitative estimate of drug-likeness (QED) is 0.462. The second kappa shape index (κ2) is 8.68. The molecule has 0 radical (unpaired) electrons. The zero-order valence-electron chi connectivity index (χ0n) is 17.4. The van der Waals surface area contributed by atoms with E-state index in [0.717, 1.165) is 19.3 Å². The Hall–Kier alpha value is -3.53. The summed E-state index contributed by atoms with van der Waals surface area (Å²) >= 11 is 0. The zero-order chi connectivity index (χ0) is 21.0. The fourth-order valence-corrected chi connectivity index (χ4v) is 4.54. The summed E-state index contributed by atoms with van der Waals surface area (Å²) in [5.41, 5.74) is 4.96. The summed E-state index contributed by atoms with van der Waals surface area (Å²) in [6.45, 7) is 0.633. The maximum absolute atomic E-state index is 9.72. The number of ether oxygens (including phenoxy) is 1. The highest BCUT2D eigenvalue weighted by Gasteiger charge is 2.23. The van der Waals surface area contributed by atoms with Gasteiger partial charge >= 0.3 is 0 Å². The molecule has 0 saturated heterocycles. The van der Waals surface area contributed by atoms with Gasteiger partial charge in [-0.05, 0) is 59.6 Å². The van der Waals surface area contributed by atoms with Gasteiger partial charge in [-0.25, -0.2) is 4.98 Å². The van der Waals surface area contributed by atoms with Crippen LogP contribution in [0.3, 0.4) is 0 Å². The number of benzene rings is 3. The molecule has 0 amide bonds. The van der Waals surface area contributed by atoms with Crippen molar-refractivity contribution in [2.24, 2.45) is 5.92 Å². The highest BCUT2D eigenvalue weighted by molar-refractivity contribution is 5.37. The van der Waals surface area contributed by atoms with E-state index in [1.165, 1.54) is 22.3 Å². The standard InChI is InChI=1S/C27H26N2O2/c30-25-14-13-23-17-20(11-12-24(23)18-25)19-31-27-28-15-16-29(27)26(21-7-3-1-4-8-21)22-9-5-2-6-10-22/h1-10,13-16,18,20,26,30H,11-12,17,19H2. The average molecular weight is 411 g/mol. The van der Waals surface area contributed by atoms with Crippen molar-refractivity contribution in [3.05, 3.63) is 114 Å². The first-order valence-corrected chi connectivity index (χ1v) is 10.8. The lowest BCUT2D eigenvalue weighted by atomic mass is 9.84. The Morgan fingerprint density at radius 1 is 0.935 bits per heavy atom. The number of phenolic OH excluding ortho intramolecular Hbond substituents is 1. The minimum Gasteiger partial charge on any atom is -0.508 e. The molecule has 0 aliphatic heterocycles. The summed E-state index contributed by atoms with van der Waals surface area (Å²) < 4.78 is 8.41. The molecule has 1 aromatic heterocycles. The molecule has 3 aromatic carbocycles. The van der Waals surface area contributed by atoms with Gasteiger partial charge in [0.25, 0.3) is 6.01 Å². The first-order chi connectivity index (χ1) is 15.3. The van der Waals surface area contributed by atoms with E-state index < -0.39 is 0 Å². The Bertz CT molecular complexity index is 1100. The van der Waals surface area contributed by atoms with Crippen molar-refractivity contribution in [2.45, 2.75) is 25.3 Å². The monoisotopic (exact) mass is 410 g/mol. The number of rotatable bonds is 6. The molecule has 0 fully saturated rings. The number of imidazole rings is 1. The normalized spacial score (nSPS) is 15.6. The molecule has 0 saturated carbocycles. The summed E-state index contributed by atoms with van der Waals surface area (Å²) in [7, 11) is 0. The van der Waals surface area contributed by atoms with Crippen LogP contribution in [0.5, 0.6) is 11.8 Å². The fraction of sp³-hybridized carbons (Fsp3) is 0.222. The summed E-state index contributed by atoms with van der Waals surface area (Å²) in [5, 5.41) is 9.72. The van der Waals surface area contributed by atoms with Crippen LogP contribution in [-0.2, 0) is 12.8 Å². The molecule has 4 aromatic rings. The molecule has 1 aliphatic carbocycles. The second-order valence-electron chi connectivity index (χ2n) is 8.21. The molecule has 1 heterocycles. The van der Waals surface area contributed by atoms with Gasteiger partial charge < -0.3 is 9.84 Å². The van der Waals surface area contributed by atoms with Crippen molar-refractivity contribution >= 4 is 0 Å². The molecule has 1 atom stereocenters. The number of nitrogens with zero attached hydrogens (tertiary/aromatic N) is 2. The molecular formula is C27H26N2O2. The predicted molar refractivity (Wildman–Crippen MR) is 121 cm³/mol. The maximum atomic E-state index is 9.72. The van der Waals surface area contributed by atoms with Gasteiger partial charge in [0.15, 0.2) is 0 Å².